The van der Waals surface area contributed by atoms with E-state index in [4.69, 9.17) is 16.3 Å². The minimum Gasteiger partial charge on any atom is -0.444 e. The lowest BCUT2D eigenvalue weighted by Crippen LogP contribution is -2.47. The highest BCUT2D eigenvalue weighted by Gasteiger charge is 2.30. The van der Waals surface area contributed by atoms with Gasteiger partial charge in [0, 0.05) is 30.1 Å². The van der Waals surface area contributed by atoms with Gasteiger partial charge in [-0.25, -0.2) is 14.8 Å². The molecule has 0 radical (unpaired) electrons. The number of nitrogens with zero attached hydrogens (tertiary/aromatic N) is 3. The fourth-order valence-corrected chi connectivity index (χ4v) is 3.53. The molecule has 23 heavy (non-hydrogen) atoms. The summed E-state index contributed by atoms with van der Waals surface area (Å²) in [7, 11) is 0. The largest absolute Gasteiger partial charge is 0.444 e. The highest BCUT2D eigenvalue weighted by atomic mass is 35.5. The van der Waals surface area contributed by atoms with Crippen molar-refractivity contribution in [2.75, 3.05) is 12.3 Å². The van der Waals surface area contributed by atoms with Gasteiger partial charge in [0.2, 0.25) is 0 Å². The quantitative estimate of drug-likeness (QED) is 0.458. The van der Waals surface area contributed by atoms with Crippen LogP contribution in [0.2, 0.25) is 5.15 Å². The Balaban J connectivity index is 1.98. The lowest BCUT2D eigenvalue weighted by Gasteiger charge is -2.36. The number of hydrogen-bond acceptors (Lipinski definition) is 5. The molecular formula is C16H24ClN3O2S. The summed E-state index contributed by atoms with van der Waals surface area (Å²) in [5, 5.41) is 1.13. The van der Waals surface area contributed by atoms with E-state index in [0.29, 0.717) is 10.3 Å². The smallest absolute Gasteiger partial charge is 0.410 e. The summed E-state index contributed by atoms with van der Waals surface area (Å²) in [6, 6.07) is 0.146. The molecule has 7 heteroatoms. The summed E-state index contributed by atoms with van der Waals surface area (Å²) in [6.45, 7) is 8.29. The Morgan fingerprint density at radius 2 is 2.22 bits per heavy atom. The van der Waals surface area contributed by atoms with Gasteiger partial charge in [-0.05, 0) is 47.0 Å². The van der Waals surface area contributed by atoms with Gasteiger partial charge in [0.15, 0.2) is 5.16 Å². The van der Waals surface area contributed by atoms with Crippen LogP contribution in [0, 0.1) is 6.92 Å². The van der Waals surface area contributed by atoms with Crippen LogP contribution in [0.3, 0.4) is 0 Å². The van der Waals surface area contributed by atoms with Gasteiger partial charge in [-0.2, -0.15) is 0 Å². The van der Waals surface area contributed by atoms with E-state index in [1.165, 1.54) is 11.8 Å². The summed E-state index contributed by atoms with van der Waals surface area (Å²) >= 11 is 7.57. The molecule has 1 aliphatic rings. The molecule has 1 amide bonds. The van der Waals surface area contributed by atoms with Gasteiger partial charge >= 0.3 is 6.09 Å². The highest BCUT2D eigenvalue weighted by Crippen LogP contribution is 2.26. The first-order valence-corrected chi connectivity index (χ1v) is 9.24. The van der Waals surface area contributed by atoms with Crippen molar-refractivity contribution in [2.45, 2.75) is 63.8 Å². The van der Waals surface area contributed by atoms with E-state index < -0.39 is 5.60 Å². The lowest BCUT2D eigenvalue weighted by molar-refractivity contribution is 0.0125. The molecule has 1 saturated heterocycles. The molecule has 2 heterocycles. The van der Waals surface area contributed by atoms with E-state index in [-0.39, 0.29) is 12.1 Å². The molecule has 1 aromatic heterocycles. The van der Waals surface area contributed by atoms with E-state index in [2.05, 4.69) is 9.97 Å². The van der Waals surface area contributed by atoms with Crippen LogP contribution in [-0.2, 0) is 4.74 Å². The van der Waals surface area contributed by atoms with Crippen LogP contribution in [0.4, 0.5) is 4.79 Å². The van der Waals surface area contributed by atoms with Crippen LogP contribution in [0.15, 0.2) is 11.4 Å². The third-order valence-corrected chi connectivity index (χ3v) is 4.94. The van der Waals surface area contributed by atoms with Crippen molar-refractivity contribution in [3.05, 3.63) is 16.9 Å². The van der Waals surface area contributed by atoms with Crippen molar-refractivity contribution >= 4 is 29.5 Å². The van der Waals surface area contributed by atoms with E-state index in [9.17, 15) is 4.79 Å². The van der Waals surface area contributed by atoms with E-state index in [1.807, 2.05) is 32.6 Å². The molecule has 128 valence electrons. The Morgan fingerprint density at radius 3 is 2.87 bits per heavy atom. The number of aryl methyl sites for hydroxylation is 1. The van der Waals surface area contributed by atoms with Crippen molar-refractivity contribution in [1.82, 2.24) is 14.9 Å². The SMILES string of the molecule is Cc1cnc(SC[C@@H]2CCCCN2C(=O)OC(C)(C)C)nc1Cl. The van der Waals surface area contributed by atoms with Gasteiger partial charge < -0.3 is 9.64 Å². The molecule has 0 spiro atoms. The number of carbonyl (C=O) groups is 1. The molecule has 0 unspecified atom stereocenters. The van der Waals surface area contributed by atoms with Crippen LogP contribution >= 0.6 is 23.4 Å². The van der Waals surface area contributed by atoms with Gasteiger partial charge in [-0.3, -0.25) is 0 Å². The summed E-state index contributed by atoms with van der Waals surface area (Å²) in [4.78, 5) is 22.8. The molecule has 1 aliphatic heterocycles. The van der Waals surface area contributed by atoms with Crippen molar-refractivity contribution in [3.8, 4) is 0 Å². The maximum atomic E-state index is 12.4. The number of amides is 1. The molecule has 0 saturated carbocycles. The molecule has 0 aromatic carbocycles. The van der Waals surface area contributed by atoms with Crippen LogP contribution < -0.4 is 0 Å². The Hall–Kier alpha value is -1.01. The summed E-state index contributed by atoms with van der Waals surface area (Å²) < 4.78 is 5.52. The number of piperidine rings is 1. The van der Waals surface area contributed by atoms with Gasteiger partial charge in [0.25, 0.3) is 0 Å². The Labute approximate surface area is 147 Å². The fraction of sp³-hybridized carbons (Fsp3) is 0.688. The topological polar surface area (TPSA) is 55.3 Å². The monoisotopic (exact) mass is 357 g/mol. The number of halogens is 1. The molecule has 1 aromatic rings. The predicted octanol–water partition coefficient (Wildman–Crippen LogP) is 4.32. The van der Waals surface area contributed by atoms with Crippen molar-refractivity contribution in [1.29, 1.82) is 0 Å². The maximum absolute atomic E-state index is 12.4. The van der Waals surface area contributed by atoms with Crippen LogP contribution in [0.1, 0.15) is 45.6 Å². The second kappa shape index (κ2) is 7.71. The zero-order valence-electron chi connectivity index (χ0n) is 14.1. The van der Waals surface area contributed by atoms with Crippen molar-refractivity contribution in [3.63, 3.8) is 0 Å². The van der Waals surface area contributed by atoms with E-state index in [1.54, 1.807) is 6.20 Å². The summed E-state index contributed by atoms with van der Waals surface area (Å²) in [5.41, 5.74) is 0.392. The first-order chi connectivity index (χ1) is 10.8. The summed E-state index contributed by atoms with van der Waals surface area (Å²) in [6.07, 6.45) is 4.62. The molecule has 0 aliphatic carbocycles. The average Bonchev–Trinajstić information content (AvgIpc) is 2.47. The molecule has 5 nitrogen and oxygen atoms in total. The van der Waals surface area contributed by atoms with Gasteiger partial charge in [-0.15, -0.1) is 0 Å². The van der Waals surface area contributed by atoms with Crippen molar-refractivity contribution in [2.24, 2.45) is 0 Å². The number of thioether (sulfide) groups is 1. The zero-order valence-corrected chi connectivity index (χ0v) is 15.7. The number of ether oxygens (including phenoxy) is 1. The highest BCUT2D eigenvalue weighted by molar-refractivity contribution is 7.99. The second-order valence-electron chi connectivity index (χ2n) is 6.76. The Morgan fingerprint density at radius 1 is 1.48 bits per heavy atom. The molecule has 2 rings (SSSR count). The molecule has 0 N–H and O–H groups in total. The lowest BCUT2D eigenvalue weighted by atomic mass is 10.0. The molecular weight excluding hydrogens is 334 g/mol. The normalized spacial score (nSPS) is 18.8. The van der Waals surface area contributed by atoms with Crippen molar-refractivity contribution < 1.29 is 9.53 Å². The minimum atomic E-state index is -0.472. The first-order valence-electron chi connectivity index (χ1n) is 7.88. The van der Waals surface area contributed by atoms with Gasteiger partial charge in [0.05, 0.1) is 0 Å². The standard InChI is InChI=1S/C16H24ClN3O2S/c1-11-9-18-14(19-13(11)17)23-10-12-7-5-6-8-20(12)15(21)22-16(2,3)4/h9,12H,5-8,10H2,1-4H3/t12-/m0/s1. The first kappa shape index (κ1) is 18.3. The number of carbonyl (C=O) groups excluding carboxylic acids is 1. The summed E-state index contributed by atoms with van der Waals surface area (Å²) in [5.74, 6) is 0.749. The number of aromatic nitrogens is 2. The Bertz CT molecular complexity index is 563. The van der Waals surface area contributed by atoms with E-state index in [0.717, 1.165) is 37.1 Å². The fourth-order valence-electron chi connectivity index (χ4n) is 2.38. The average molecular weight is 358 g/mol. The van der Waals surface area contributed by atoms with Crippen LogP contribution in [0.25, 0.3) is 0 Å². The van der Waals surface area contributed by atoms with Crippen LogP contribution in [0.5, 0.6) is 0 Å². The zero-order chi connectivity index (χ0) is 17.0. The number of likely N-dealkylation sites (tertiary alicyclic amines) is 1. The predicted molar refractivity (Wildman–Crippen MR) is 93.1 cm³/mol. The third kappa shape index (κ3) is 5.53. The third-order valence-electron chi connectivity index (χ3n) is 3.55. The second-order valence-corrected chi connectivity index (χ2v) is 8.11. The molecule has 1 atom stereocenters. The molecule has 1 fully saturated rings. The minimum absolute atomic E-state index is 0.146. The van der Waals surface area contributed by atoms with Gasteiger partial charge in [-0.1, -0.05) is 23.4 Å². The Kier molecular flexibility index (Phi) is 6.14. The van der Waals surface area contributed by atoms with E-state index >= 15 is 0 Å². The van der Waals surface area contributed by atoms with Gasteiger partial charge in [0.1, 0.15) is 10.8 Å². The molecule has 0 bridgehead atoms. The number of rotatable bonds is 3. The van der Waals surface area contributed by atoms with Crippen LogP contribution in [-0.4, -0.2) is 44.9 Å². The number of hydrogen-bond donors (Lipinski definition) is 0. The maximum Gasteiger partial charge on any atom is 0.410 e.